The molecule has 8 heteroatoms. The van der Waals surface area contributed by atoms with Crippen LogP contribution in [0.1, 0.15) is 18.3 Å². The van der Waals surface area contributed by atoms with E-state index >= 15 is 0 Å². The van der Waals surface area contributed by atoms with Gasteiger partial charge in [0.2, 0.25) is 0 Å². The van der Waals surface area contributed by atoms with E-state index in [0.717, 1.165) is 18.2 Å². The third-order valence-corrected chi connectivity index (χ3v) is 3.43. The lowest BCUT2D eigenvalue weighted by Gasteiger charge is -2.08. The Kier molecular flexibility index (Phi) is 4.42. The van der Waals surface area contributed by atoms with E-state index in [9.17, 15) is 14.5 Å². The molecule has 0 fully saturated rings. The fourth-order valence-corrected chi connectivity index (χ4v) is 2.10. The molecule has 0 radical (unpaired) electrons. The summed E-state index contributed by atoms with van der Waals surface area (Å²) in [5, 5.41) is 15.6. The Morgan fingerprint density at radius 2 is 2.24 bits per heavy atom. The van der Waals surface area contributed by atoms with Gasteiger partial charge in [0.1, 0.15) is 12.4 Å². The Labute approximate surface area is 125 Å². The Bertz CT molecular complexity index is 688. The first kappa shape index (κ1) is 15.2. The summed E-state index contributed by atoms with van der Waals surface area (Å²) in [6.45, 7) is 4.19. The topological polar surface area (TPSA) is 70.2 Å². The smallest absolute Gasteiger partial charge is 0.311 e. The van der Waals surface area contributed by atoms with E-state index in [1.807, 2.05) is 6.92 Å². The van der Waals surface area contributed by atoms with Crippen molar-refractivity contribution < 1.29 is 14.1 Å². The van der Waals surface area contributed by atoms with Crippen LogP contribution < -0.4 is 4.74 Å². The maximum Gasteiger partial charge on any atom is 0.311 e. The molecule has 1 aromatic heterocycles. The molecule has 0 saturated heterocycles. The Balaban J connectivity index is 2.28. The zero-order chi connectivity index (χ0) is 15.6. The number of nitro groups is 1. The molecule has 0 spiro atoms. The molecule has 0 saturated carbocycles. The molecule has 1 heterocycles. The van der Waals surface area contributed by atoms with E-state index in [1.165, 1.54) is 0 Å². The Morgan fingerprint density at radius 3 is 2.86 bits per heavy atom. The van der Waals surface area contributed by atoms with Gasteiger partial charge in [0.05, 0.1) is 21.3 Å². The Morgan fingerprint density at radius 1 is 1.52 bits per heavy atom. The highest BCUT2D eigenvalue weighted by atomic mass is 35.5. The zero-order valence-corrected chi connectivity index (χ0v) is 12.2. The number of hydrogen-bond donors (Lipinski definition) is 0. The number of ether oxygens (including phenoxy) is 1. The van der Waals surface area contributed by atoms with Crippen LogP contribution in [-0.2, 0) is 13.2 Å². The molecule has 0 aliphatic heterocycles. The maximum absolute atomic E-state index is 13.2. The van der Waals surface area contributed by atoms with Gasteiger partial charge >= 0.3 is 5.69 Å². The van der Waals surface area contributed by atoms with E-state index < -0.39 is 10.7 Å². The van der Waals surface area contributed by atoms with E-state index in [0.29, 0.717) is 23.0 Å². The highest BCUT2D eigenvalue weighted by Crippen LogP contribution is 2.29. The summed E-state index contributed by atoms with van der Waals surface area (Å²) in [4.78, 5) is 10.3. The van der Waals surface area contributed by atoms with E-state index in [-0.39, 0.29) is 18.0 Å². The van der Waals surface area contributed by atoms with Crippen molar-refractivity contribution in [3.63, 3.8) is 0 Å². The highest BCUT2D eigenvalue weighted by molar-refractivity contribution is 6.31. The first-order valence-electron chi connectivity index (χ1n) is 6.22. The first-order valence-corrected chi connectivity index (χ1v) is 6.60. The van der Waals surface area contributed by atoms with Crippen LogP contribution in [0.4, 0.5) is 10.1 Å². The number of rotatable bonds is 5. The molecule has 0 unspecified atom stereocenters. The molecule has 21 heavy (non-hydrogen) atoms. The van der Waals surface area contributed by atoms with E-state index in [1.54, 1.807) is 11.6 Å². The molecular weight excluding hydrogens is 301 g/mol. The summed E-state index contributed by atoms with van der Waals surface area (Å²) in [6, 6.07) is 3.05. The lowest BCUT2D eigenvalue weighted by atomic mass is 10.3. The van der Waals surface area contributed by atoms with Gasteiger partial charge in [0.25, 0.3) is 0 Å². The van der Waals surface area contributed by atoms with Crippen LogP contribution in [0.15, 0.2) is 18.2 Å². The number of hydrogen-bond acceptors (Lipinski definition) is 4. The van der Waals surface area contributed by atoms with Gasteiger partial charge in [-0.2, -0.15) is 5.10 Å². The normalized spacial score (nSPS) is 10.7. The van der Waals surface area contributed by atoms with Crippen LogP contribution in [0.3, 0.4) is 0 Å². The van der Waals surface area contributed by atoms with Crippen molar-refractivity contribution in [2.24, 2.45) is 0 Å². The molecule has 1 aromatic carbocycles. The fourth-order valence-electron chi connectivity index (χ4n) is 1.91. The van der Waals surface area contributed by atoms with Crippen LogP contribution in [-0.4, -0.2) is 14.7 Å². The van der Waals surface area contributed by atoms with Gasteiger partial charge in [-0.3, -0.25) is 14.8 Å². The van der Waals surface area contributed by atoms with Gasteiger partial charge in [-0.25, -0.2) is 4.39 Å². The molecular formula is C13H13ClFN3O3. The van der Waals surface area contributed by atoms with Gasteiger partial charge in [0.15, 0.2) is 5.75 Å². The maximum atomic E-state index is 13.2. The van der Waals surface area contributed by atoms with E-state index in [4.69, 9.17) is 16.3 Å². The summed E-state index contributed by atoms with van der Waals surface area (Å²) in [7, 11) is 0. The van der Waals surface area contributed by atoms with Crippen LogP contribution in [0.5, 0.6) is 5.75 Å². The van der Waals surface area contributed by atoms with Gasteiger partial charge in [-0.15, -0.1) is 0 Å². The largest absolute Gasteiger partial charge is 0.480 e. The number of aryl methyl sites for hydroxylation is 2. The summed E-state index contributed by atoms with van der Waals surface area (Å²) in [5.74, 6) is -0.751. The minimum Gasteiger partial charge on any atom is -0.480 e. The SMILES string of the molecule is CCn1nc(C)c(Cl)c1COc1cc(F)ccc1[N+](=O)[O-]. The van der Waals surface area contributed by atoms with E-state index in [2.05, 4.69) is 5.10 Å². The number of halogens is 2. The highest BCUT2D eigenvalue weighted by Gasteiger charge is 2.18. The van der Waals surface area contributed by atoms with Crippen LogP contribution in [0.25, 0.3) is 0 Å². The lowest BCUT2D eigenvalue weighted by Crippen LogP contribution is -2.07. The van der Waals surface area contributed by atoms with Crippen LogP contribution >= 0.6 is 11.6 Å². The predicted molar refractivity (Wildman–Crippen MR) is 75.0 cm³/mol. The van der Waals surface area contributed by atoms with Crippen molar-refractivity contribution in [3.8, 4) is 5.75 Å². The predicted octanol–water partition coefficient (Wildman–Crippen LogP) is 3.49. The molecule has 2 aromatic rings. The second-order valence-corrected chi connectivity index (χ2v) is 4.70. The Hall–Kier alpha value is -2.15. The fraction of sp³-hybridized carbons (Fsp3) is 0.308. The van der Waals surface area contributed by atoms with Crippen molar-refractivity contribution >= 4 is 17.3 Å². The third kappa shape index (κ3) is 3.13. The minimum atomic E-state index is -0.626. The summed E-state index contributed by atoms with van der Waals surface area (Å²) in [6.07, 6.45) is 0. The average molecular weight is 314 g/mol. The van der Waals surface area contributed by atoms with Crippen LogP contribution in [0, 0.1) is 22.9 Å². The lowest BCUT2D eigenvalue weighted by molar-refractivity contribution is -0.386. The molecule has 2 rings (SSSR count). The number of benzene rings is 1. The van der Waals surface area contributed by atoms with Gasteiger partial charge in [0, 0.05) is 18.7 Å². The molecule has 0 amide bonds. The molecule has 0 N–H and O–H groups in total. The first-order chi connectivity index (χ1) is 9.93. The number of nitro benzene ring substituents is 1. The van der Waals surface area contributed by atoms with Crippen molar-refractivity contribution in [2.45, 2.75) is 27.0 Å². The van der Waals surface area contributed by atoms with Crippen molar-refractivity contribution in [2.75, 3.05) is 0 Å². The molecule has 0 aliphatic carbocycles. The number of aromatic nitrogens is 2. The second-order valence-electron chi connectivity index (χ2n) is 4.32. The molecule has 0 bridgehead atoms. The summed E-state index contributed by atoms with van der Waals surface area (Å²) in [5.41, 5.74) is 0.938. The summed E-state index contributed by atoms with van der Waals surface area (Å²) >= 11 is 6.12. The molecule has 0 aliphatic rings. The molecule has 0 atom stereocenters. The average Bonchev–Trinajstić information content (AvgIpc) is 2.71. The second kappa shape index (κ2) is 6.09. The minimum absolute atomic E-state index is 0.0300. The monoisotopic (exact) mass is 313 g/mol. The van der Waals surface area contributed by atoms with Gasteiger partial charge in [-0.1, -0.05) is 11.6 Å². The van der Waals surface area contributed by atoms with Crippen molar-refractivity contribution in [1.29, 1.82) is 0 Å². The molecule has 6 nitrogen and oxygen atoms in total. The van der Waals surface area contributed by atoms with Crippen molar-refractivity contribution in [3.05, 3.63) is 50.5 Å². The van der Waals surface area contributed by atoms with Crippen molar-refractivity contribution in [1.82, 2.24) is 9.78 Å². The van der Waals surface area contributed by atoms with Crippen LogP contribution in [0.2, 0.25) is 5.02 Å². The molecule has 112 valence electrons. The standard InChI is InChI=1S/C13H13ClFN3O3/c1-3-17-11(13(14)8(2)16-17)7-21-12-6-9(15)4-5-10(12)18(19)20/h4-6H,3,7H2,1-2H3. The van der Waals surface area contributed by atoms with Gasteiger partial charge in [-0.05, 0) is 19.9 Å². The number of nitrogens with zero attached hydrogens (tertiary/aromatic N) is 3. The summed E-state index contributed by atoms with van der Waals surface area (Å²) < 4.78 is 20.2. The zero-order valence-electron chi connectivity index (χ0n) is 11.5. The quantitative estimate of drug-likeness (QED) is 0.626. The van der Waals surface area contributed by atoms with Gasteiger partial charge < -0.3 is 4.74 Å². The third-order valence-electron chi connectivity index (χ3n) is 2.94.